The number of benzene rings is 1. The molecule has 2 N–H and O–H groups in total. The highest BCUT2D eigenvalue weighted by Crippen LogP contribution is 2.26. The van der Waals surface area contributed by atoms with Crippen LogP contribution in [-0.2, 0) is 17.6 Å². The highest BCUT2D eigenvalue weighted by atomic mass is 16.1. The van der Waals surface area contributed by atoms with Crippen molar-refractivity contribution in [1.29, 1.82) is 0 Å². The minimum Gasteiger partial charge on any atom is -0.352 e. The van der Waals surface area contributed by atoms with Gasteiger partial charge in [-0.15, -0.1) is 0 Å². The van der Waals surface area contributed by atoms with Crippen LogP contribution in [0.3, 0.4) is 0 Å². The highest BCUT2D eigenvalue weighted by molar-refractivity contribution is 5.80. The molecule has 2 aliphatic rings. The first-order valence-corrected chi connectivity index (χ1v) is 7.06. The molecule has 0 unspecified atom stereocenters. The quantitative estimate of drug-likeness (QED) is 0.803. The van der Waals surface area contributed by atoms with Crippen molar-refractivity contribution in [3.05, 3.63) is 47.0 Å². The molecule has 0 radical (unpaired) electrons. The molecular weight excluding hydrogens is 236 g/mol. The van der Waals surface area contributed by atoms with Gasteiger partial charge in [-0.05, 0) is 36.9 Å². The Morgan fingerprint density at radius 2 is 2.00 bits per heavy atom. The van der Waals surface area contributed by atoms with E-state index in [4.69, 9.17) is 0 Å². The minimum absolute atomic E-state index is 0.125. The summed E-state index contributed by atoms with van der Waals surface area (Å²) >= 11 is 0. The van der Waals surface area contributed by atoms with Crippen molar-refractivity contribution >= 4 is 5.91 Å². The molecule has 1 aliphatic heterocycles. The molecule has 19 heavy (non-hydrogen) atoms. The zero-order valence-corrected chi connectivity index (χ0v) is 11.1. The van der Waals surface area contributed by atoms with E-state index in [2.05, 4.69) is 41.0 Å². The van der Waals surface area contributed by atoms with E-state index >= 15 is 0 Å². The largest absolute Gasteiger partial charge is 0.352 e. The molecule has 0 aromatic heterocycles. The van der Waals surface area contributed by atoms with Gasteiger partial charge in [0, 0.05) is 19.0 Å². The second-order valence-corrected chi connectivity index (χ2v) is 5.41. The first-order valence-electron chi connectivity index (χ1n) is 7.06. The van der Waals surface area contributed by atoms with Crippen LogP contribution in [0.4, 0.5) is 0 Å². The molecule has 3 nitrogen and oxygen atoms in total. The minimum atomic E-state index is 0.125. The summed E-state index contributed by atoms with van der Waals surface area (Å²) in [5.74, 6) is 0.329. The van der Waals surface area contributed by atoms with Crippen LogP contribution >= 0.6 is 0 Å². The maximum atomic E-state index is 12.2. The van der Waals surface area contributed by atoms with Gasteiger partial charge >= 0.3 is 0 Å². The number of rotatable bonds is 3. The van der Waals surface area contributed by atoms with Gasteiger partial charge in [0.1, 0.15) is 0 Å². The molecule has 0 bridgehead atoms. The molecule has 0 atom stereocenters. The fourth-order valence-electron chi connectivity index (χ4n) is 2.92. The van der Waals surface area contributed by atoms with Crippen molar-refractivity contribution in [2.24, 2.45) is 5.92 Å². The lowest BCUT2D eigenvalue weighted by atomic mass is 10.0. The van der Waals surface area contributed by atoms with Gasteiger partial charge in [0.25, 0.3) is 0 Å². The lowest BCUT2D eigenvalue weighted by Gasteiger charge is -2.16. The fraction of sp³-hybridized carbons (Fsp3) is 0.438. The van der Waals surface area contributed by atoms with Crippen LogP contribution < -0.4 is 10.6 Å². The van der Waals surface area contributed by atoms with E-state index in [-0.39, 0.29) is 11.8 Å². The Morgan fingerprint density at radius 3 is 2.63 bits per heavy atom. The summed E-state index contributed by atoms with van der Waals surface area (Å²) in [6.07, 6.45) is 5.02. The third kappa shape index (κ3) is 2.87. The van der Waals surface area contributed by atoms with Crippen LogP contribution in [-0.4, -0.2) is 25.5 Å². The SMILES string of the molecule is O=C(NCC1=CCNCC1)C1Cc2ccccc2C1. The number of carbonyl (C=O) groups excluding carboxylic acids is 1. The Hall–Kier alpha value is -1.61. The summed E-state index contributed by atoms with van der Waals surface area (Å²) in [5, 5.41) is 6.37. The van der Waals surface area contributed by atoms with Crippen LogP contribution in [0, 0.1) is 5.92 Å². The second kappa shape index (κ2) is 5.57. The Balaban J connectivity index is 1.54. The lowest BCUT2D eigenvalue weighted by Crippen LogP contribution is -2.34. The number of fused-ring (bicyclic) bond motifs is 1. The molecule has 1 aliphatic carbocycles. The molecular formula is C16H20N2O. The van der Waals surface area contributed by atoms with Crippen LogP contribution in [0.2, 0.25) is 0 Å². The summed E-state index contributed by atoms with van der Waals surface area (Å²) < 4.78 is 0. The molecule has 0 saturated heterocycles. The molecule has 3 heteroatoms. The van der Waals surface area contributed by atoms with Crippen molar-refractivity contribution < 1.29 is 4.79 Å². The zero-order valence-electron chi connectivity index (χ0n) is 11.1. The van der Waals surface area contributed by atoms with E-state index in [1.54, 1.807) is 0 Å². The summed E-state index contributed by atoms with van der Waals surface area (Å²) in [4.78, 5) is 12.2. The van der Waals surface area contributed by atoms with Crippen LogP contribution in [0.15, 0.2) is 35.9 Å². The van der Waals surface area contributed by atoms with Crippen LogP contribution in [0.1, 0.15) is 17.5 Å². The van der Waals surface area contributed by atoms with Gasteiger partial charge in [0.05, 0.1) is 0 Å². The summed E-state index contributed by atoms with van der Waals surface area (Å²) in [6, 6.07) is 8.38. The normalized spacial score (nSPS) is 18.8. The summed E-state index contributed by atoms with van der Waals surface area (Å²) in [6.45, 7) is 2.67. The van der Waals surface area contributed by atoms with Crippen molar-refractivity contribution in [2.75, 3.05) is 19.6 Å². The van der Waals surface area contributed by atoms with Crippen LogP contribution in [0.5, 0.6) is 0 Å². The summed E-state index contributed by atoms with van der Waals surface area (Å²) in [5.41, 5.74) is 4.02. The lowest BCUT2D eigenvalue weighted by molar-refractivity contribution is -0.124. The van der Waals surface area contributed by atoms with E-state index < -0.39 is 0 Å². The molecule has 0 saturated carbocycles. The van der Waals surface area contributed by atoms with Crippen molar-refractivity contribution in [3.8, 4) is 0 Å². The standard InChI is InChI=1S/C16H20N2O/c19-16(18-11-12-5-7-17-8-6-12)15-9-13-3-1-2-4-14(13)10-15/h1-5,15,17H,6-11H2,(H,18,19). The topological polar surface area (TPSA) is 41.1 Å². The average molecular weight is 256 g/mol. The molecule has 0 spiro atoms. The maximum Gasteiger partial charge on any atom is 0.224 e. The molecule has 1 aromatic carbocycles. The van der Waals surface area contributed by atoms with Crippen molar-refractivity contribution in [2.45, 2.75) is 19.3 Å². The van der Waals surface area contributed by atoms with Crippen LogP contribution in [0.25, 0.3) is 0 Å². The first-order chi connectivity index (χ1) is 9.33. The Morgan fingerprint density at radius 1 is 1.26 bits per heavy atom. The zero-order chi connectivity index (χ0) is 13.1. The maximum absolute atomic E-state index is 12.2. The number of amides is 1. The van der Waals surface area contributed by atoms with Gasteiger partial charge < -0.3 is 10.6 Å². The van der Waals surface area contributed by atoms with E-state index in [1.807, 2.05) is 0 Å². The number of hydrogen-bond donors (Lipinski definition) is 2. The Kier molecular flexibility index (Phi) is 3.65. The average Bonchev–Trinajstić information content (AvgIpc) is 2.90. The number of hydrogen-bond acceptors (Lipinski definition) is 2. The molecule has 3 rings (SSSR count). The van der Waals surface area contributed by atoms with Crippen molar-refractivity contribution in [3.63, 3.8) is 0 Å². The second-order valence-electron chi connectivity index (χ2n) is 5.41. The van der Waals surface area contributed by atoms with Gasteiger partial charge in [-0.3, -0.25) is 4.79 Å². The Labute approximate surface area is 114 Å². The smallest absolute Gasteiger partial charge is 0.224 e. The van der Waals surface area contributed by atoms with Gasteiger partial charge in [-0.25, -0.2) is 0 Å². The van der Waals surface area contributed by atoms with Gasteiger partial charge in [-0.2, -0.15) is 0 Å². The highest BCUT2D eigenvalue weighted by Gasteiger charge is 2.26. The van der Waals surface area contributed by atoms with E-state index in [1.165, 1.54) is 16.7 Å². The molecule has 100 valence electrons. The van der Waals surface area contributed by atoms with E-state index in [0.717, 1.165) is 32.4 Å². The van der Waals surface area contributed by atoms with Gasteiger partial charge in [0.2, 0.25) is 5.91 Å². The third-order valence-electron chi connectivity index (χ3n) is 4.07. The monoisotopic (exact) mass is 256 g/mol. The molecule has 1 aromatic rings. The molecule has 0 fully saturated rings. The number of carbonyl (C=O) groups is 1. The predicted octanol–water partition coefficient (Wildman–Crippen LogP) is 1.44. The molecule has 1 heterocycles. The number of nitrogens with one attached hydrogen (secondary N) is 2. The fourth-order valence-corrected chi connectivity index (χ4v) is 2.92. The first kappa shape index (κ1) is 12.4. The molecule has 1 amide bonds. The van der Waals surface area contributed by atoms with E-state index in [9.17, 15) is 4.79 Å². The third-order valence-corrected chi connectivity index (χ3v) is 4.07. The summed E-state index contributed by atoms with van der Waals surface area (Å²) in [7, 11) is 0. The predicted molar refractivity (Wildman–Crippen MR) is 75.9 cm³/mol. The Bertz CT molecular complexity index is 482. The van der Waals surface area contributed by atoms with Gasteiger partial charge in [0.15, 0.2) is 0 Å². The van der Waals surface area contributed by atoms with E-state index in [0.29, 0.717) is 6.54 Å². The van der Waals surface area contributed by atoms with Gasteiger partial charge in [-0.1, -0.05) is 35.9 Å². The van der Waals surface area contributed by atoms with Crippen molar-refractivity contribution in [1.82, 2.24) is 10.6 Å².